The van der Waals surface area contributed by atoms with Crippen molar-refractivity contribution in [3.05, 3.63) is 17.6 Å². The van der Waals surface area contributed by atoms with Gasteiger partial charge >= 0.3 is 0 Å². The van der Waals surface area contributed by atoms with Gasteiger partial charge < -0.3 is 10.2 Å². The van der Waals surface area contributed by atoms with Crippen molar-refractivity contribution < 1.29 is 4.79 Å². The maximum Gasteiger partial charge on any atom is 0.220 e. The van der Waals surface area contributed by atoms with Crippen LogP contribution in [0.25, 0.3) is 0 Å². The molecule has 0 spiro atoms. The summed E-state index contributed by atoms with van der Waals surface area (Å²) < 4.78 is 0. The number of rotatable bonds is 5. The predicted octanol–water partition coefficient (Wildman–Crippen LogP) is 0.596. The van der Waals surface area contributed by atoms with Crippen LogP contribution in [0, 0.1) is 0 Å². The molecule has 0 aliphatic heterocycles. The van der Waals surface area contributed by atoms with E-state index in [0.717, 1.165) is 23.5 Å². The number of nitrogens with zero attached hydrogens (tertiary/aromatic N) is 3. The molecule has 0 aromatic carbocycles. The lowest BCUT2D eigenvalue weighted by molar-refractivity contribution is -0.120. The lowest BCUT2D eigenvalue weighted by Crippen LogP contribution is -2.19. The van der Waals surface area contributed by atoms with Gasteiger partial charge in [0.05, 0.1) is 0 Å². The maximum atomic E-state index is 11.2. The Morgan fingerprint density at radius 1 is 1.47 bits per heavy atom. The molecule has 1 rings (SSSR count). The molecule has 1 heterocycles. The Hall–Kier alpha value is -1.22. The van der Waals surface area contributed by atoms with Gasteiger partial charge in [-0.3, -0.25) is 4.79 Å². The van der Waals surface area contributed by atoms with Crippen LogP contribution in [0.5, 0.6) is 0 Å². The summed E-state index contributed by atoms with van der Waals surface area (Å²) in [5.74, 6) is 1.61. The van der Waals surface area contributed by atoms with Gasteiger partial charge in [0, 0.05) is 51.9 Å². The highest BCUT2D eigenvalue weighted by Crippen LogP contribution is 2.13. The second-order valence-corrected chi connectivity index (χ2v) is 4.31. The van der Waals surface area contributed by atoms with Crippen molar-refractivity contribution in [2.24, 2.45) is 0 Å². The molecule has 94 valence electrons. The summed E-state index contributed by atoms with van der Waals surface area (Å²) in [6.45, 7) is 0. The molecule has 17 heavy (non-hydrogen) atoms. The SMILES string of the molecule is CNC(=O)CCc1nc(CP)cc(N(C)C)n1. The molecule has 0 radical (unpaired) electrons. The molecule has 1 unspecified atom stereocenters. The first-order valence-corrected chi connectivity index (χ1v) is 6.33. The fraction of sp³-hybridized carbons (Fsp3) is 0.545. The number of hydrogen-bond donors (Lipinski definition) is 1. The molecular formula is C11H19N4OP. The van der Waals surface area contributed by atoms with Gasteiger partial charge in [-0.15, -0.1) is 9.24 Å². The summed E-state index contributed by atoms with van der Waals surface area (Å²) in [6, 6.07) is 1.95. The second-order valence-electron chi connectivity index (χ2n) is 3.91. The van der Waals surface area contributed by atoms with Crippen molar-refractivity contribution in [2.45, 2.75) is 19.0 Å². The number of carbonyl (C=O) groups is 1. The molecule has 1 amide bonds. The normalized spacial score (nSPS) is 10.1. The fourth-order valence-electron chi connectivity index (χ4n) is 1.33. The number of anilines is 1. The van der Waals surface area contributed by atoms with Gasteiger partial charge in [-0.2, -0.15) is 0 Å². The zero-order valence-corrected chi connectivity index (χ0v) is 11.7. The lowest BCUT2D eigenvalue weighted by Gasteiger charge is -2.13. The monoisotopic (exact) mass is 254 g/mol. The van der Waals surface area contributed by atoms with Crippen molar-refractivity contribution in [3.8, 4) is 0 Å². The van der Waals surface area contributed by atoms with Crippen molar-refractivity contribution in [1.82, 2.24) is 15.3 Å². The van der Waals surface area contributed by atoms with Crippen molar-refractivity contribution >= 4 is 21.0 Å². The zero-order chi connectivity index (χ0) is 12.8. The topological polar surface area (TPSA) is 58.1 Å². The van der Waals surface area contributed by atoms with Gasteiger partial charge in [-0.25, -0.2) is 9.97 Å². The first-order chi connectivity index (χ1) is 8.06. The number of nitrogens with one attached hydrogen (secondary N) is 1. The highest BCUT2D eigenvalue weighted by molar-refractivity contribution is 7.15. The van der Waals surface area contributed by atoms with Crippen LogP contribution in [0.4, 0.5) is 5.82 Å². The summed E-state index contributed by atoms with van der Waals surface area (Å²) in [5, 5.41) is 2.59. The van der Waals surface area contributed by atoms with Gasteiger partial charge in [0.25, 0.3) is 0 Å². The Kier molecular flexibility index (Phi) is 5.29. The molecule has 1 aromatic rings. The second kappa shape index (κ2) is 6.50. The smallest absolute Gasteiger partial charge is 0.220 e. The molecule has 1 atom stereocenters. The average molecular weight is 254 g/mol. The maximum absolute atomic E-state index is 11.2. The van der Waals surface area contributed by atoms with E-state index in [1.165, 1.54) is 0 Å². The summed E-state index contributed by atoms with van der Waals surface area (Å²) in [4.78, 5) is 21.9. The summed E-state index contributed by atoms with van der Waals surface area (Å²) in [7, 11) is 8.16. The van der Waals surface area contributed by atoms with Crippen LogP contribution in [0.3, 0.4) is 0 Å². The van der Waals surface area contributed by atoms with Crippen LogP contribution in [0.2, 0.25) is 0 Å². The molecular weight excluding hydrogens is 235 g/mol. The Labute approximate surface area is 104 Å². The molecule has 0 bridgehead atoms. The molecule has 5 nitrogen and oxygen atoms in total. The number of hydrogen-bond acceptors (Lipinski definition) is 4. The lowest BCUT2D eigenvalue weighted by atomic mass is 10.2. The Morgan fingerprint density at radius 2 is 2.18 bits per heavy atom. The standard InChI is InChI=1S/C11H19N4OP/c1-12-11(16)5-4-9-13-8(7-17)6-10(14-9)15(2)3/h6H,4-5,7,17H2,1-3H3,(H,12,16). The first kappa shape index (κ1) is 13.8. The summed E-state index contributed by atoms with van der Waals surface area (Å²) in [5.41, 5.74) is 0.973. The molecule has 0 saturated carbocycles. The van der Waals surface area contributed by atoms with E-state index in [1.54, 1.807) is 7.05 Å². The van der Waals surface area contributed by atoms with E-state index in [4.69, 9.17) is 0 Å². The Bertz CT molecular complexity index is 395. The third kappa shape index (κ3) is 4.27. The fourth-order valence-corrected chi connectivity index (χ4v) is 1.54. The van der Waals surface area contributed by atoms with Crippen molar-refractivity contribution in [2.75, 3.05) is 26.0 Å². The molecule has 6 heteroatoms. The van der Waals surface area contributed by atoms with Gasteiger partial charge in [0.1, 0.15) is 11.6 Å². The number of carbonyl (C=O) groups excluding carboxylic acids is 1. The summed E-state index contributed by atoms with van der Waals surface area (Å²) >= 11 is 0. The van der Waals surface area contributed by atoms with E-state index < -0.39 is 0 Å². The zero-order valence-electron chi connectivity index (χ0n) is 10.5. The molecule has 0 fully saturated rings. The highest BCUT2D eigenvalue weighted by Gasteiger charge is 2.07. The van der Waals surface area contributed by atoms with E-state index in [2.05, 4.69) is 24.5 Å². The average Bonchev–Trinajstić information content (AvgIpc) is 2.35. The van der Waals surface area contributed by atoms with Gasteiger partial charge in [0.15, 0.2) is 0 Å². The Balaban J connectivity index is 2.83. The van der Waals surface area contributed by atoms with Crippen LogP contribution in [0.15, 0.2) is 6.07 Å². The van der Waals surface area contributed by atoms with E-state index in [1.807, 2.05) is 25.1 Å². The van der Waals surface area contributed by atoms with Crippen LogP contribution in [-0.2, 0) is 17.4 Å². The first-order valence-electron chi connectivity index (χ1n) is 5.51. The minimum absolute atomic E-state index is 0.0104. The highest BCUT2D eigenvalue weighted by atomic mass is 31.0. The number of aromatic nitrogens is 2. The van der Waals surface area contributed by atoms with Crippen LogP contribution in [-0.4, -0.2) is 37.0 Å². The quantitative estimate of drug-likeness (QED) is 0.782. The van der Waals surface area contributed by atoms with Crippen molar-refractivity contribution in [1.29, 1.82) is 0 Å². The minimum Gasteiger partial charge on any atom is -0.363 e. The molecule has 1 aromatic heterocycles. The molecule has 1 N–H and O–H groups in total. The van der Waals surface area contributed by atoms with E-state index in [0.29, 0.717) is 12.8 Å². The third-order valence-electron chi connectivity index (χ3n) is 2.33. The van der Waals surface area contributed by atoms with Gasteiger partial charge in [0.2, 0.25) is 5.91 Å². The van der Waals surface area contributed by atoms with E-state index in [-0.39, 0.29) is 5.91 Å². The van der Waals surface area contributed by atoms with E-state index in [9.17, 15) is 4.79 Å². The molecule has 0 aliphatic rings. The van der Waals surface area contributed by atoms with E-state index >= 15 is 0 Å². The van der Waals surface area contributed by atoms with Crippen LogP contribution < -0.4 is 10.2 Å². The predicted molar refractivity (Wildman–Crippen MR) is 72.2 cm³/mol. The molecule has 0 saturated heterocycles. The number of amides is 1. The van der Waals surface area contributed by atoms with Gasteiger partial charge in [-0.1, -0.05) is 0 Å². The van der Waals surface area contributed by atoms with Crippen LogP contribution >= 0.6 is 9.24 Å². The third-order valence-corrected chi connectivity index (χ3v) is 2.75. The largest absolute Gasteiger partial charge is 0.363 e. The minimum atomic E-state index is 0.0104. The summed E-state index contributed by atoms with van der Waals surface area (Å²) in [6.07, 6.45) is 1.78. The molecule has 0 aliphatic carbocycles. The number of aryl methyl sites for hydroxylation is 1. The van der Waals surface area contributed by atoms with Crippen molar-refractivity contribution in [3.63, 3.8) is 0 Å². The van der Waals surface area contributed by atoms with Gasteiger partial charge in [-0.05, 0) is 0 Å². The Morgan fingerprint density at radius 3 is 2.71 bits per heavy atom. The van der Waals surface area contributed by atoms with Crippen LogP contribution in [0.1, 0.15) is 17.9 Å².